The van der Waals surface area contributed by atoms with Gasteiger partial charge in [-0.3, -0.25) is 10.1 Å². The number of nitro benzene ring substituents is 1. The van der Waals surface area contributed by atoms with Crippen LogP contribution in [0.1, 0.15) is 24.8 Å². The number of hydrogen-bond acceptors (Lipinski definition) is 5. The Hall–Kier alpha value is -2.41. The highest BCUT2D eigenvalue weighted by Crippen LogP contribution is 2.36. The summed E-state index contributed by atoms with van der Waals surface area (Å²) >= 11 is 0. The Morgan fingerprint density at radius 1 is 1.15 bits per heavy atom. The van der Waals surface area contributed by atoms with Crippen LogP contribution in [0.4, 0.5) is 11.4 Å². The molecule has 0 bridgehead atoms. The molecule has 2 aromatic rings. The number of anilines is 1. The summed E-state index contributed by atoms with van der Waals surface area (Å²) < 4.78 is 23.9. The van der Waals surface area contributed by atoms with Crippen LogP contribution < -0.4 is 4.90 Å². The molecular formula is C19H22N2O4S. The highest BCUT2D eigenvalue weighted by Gasteiger charge is 2.29. The maximum absolute atomic E-state index is 12.0. The first-order chi connectivity index (χ1) is 12.3. The lowest BCUT2D eigenvalue weighted by atomic mass is 9.81. The zero-order valence-electron chi connectivity index (χ0n) is 14.8. The molecular weight excluding hydrogens is 352 g/mol. The fourth-order valence-electron chi connectivity index (χ4n) is 3.72. The number of hydrogen-bond donors (Lipinski definition) is 0. The SMILES string of the molecule is CC1CN(c2ccc([N+](=O)[O-])c(S(C)(=O)=O)c2)CCC1c1ccccc1. The summed E-state index contributed by atoms with van der Waals surface area (Å²) in [5.74, 6) is 0.850. The topological polar surface area (TPSA) is 80.5 Å². The average molecular weight is 374 g/mol. The van der Waals surface area contributed by atoms with Gasteiger partial charge in [-0.2, -0.15) is 0 Å². The van der Waals surface area contributed by atoms with Crippen LogP contribution in [0.25, 0.3) is 0 Å². The van der Waals surface area contributed by atoms with Crippen molar-refractivity contribution in [3.8, 4) is 0 Å². The van der Waals surface area contributed by atoms with E-state index < -0.39 is 14.8 Å². The van der Waals surface area contributed by atoms with Crippen LogP contribution in [0.2, 0.25) is 0 Å². The van der Waals surface area contributed by atoms with Gasteiger partial charge in [0.05, 0.1) is 4.92 Å². The van der Waals surface area contributed by atoms with E-state index in [2.05, 4.69) is 24.0 Å². The van der Waals surface area contributed by atoms with Gasteiger partial charge in [0.2, 0.25) is 0 Å². The molecule has 3 rings (SSSR count). The maximum Gasteiger partial charge on any atom is 0.288 e. The van der Waals surface area contributed by atoms with E-state index in [0.29, 0.717) is 11.8 Å². The molecule has 6 nitrogen and oxygen atoms in total. The molecule has 2 aromatic carbocycles. The van der Waals surface area contributed by atoms with Crippen LogP contribution in [-0.2, 0) is 9.84 Å². The highest BCUT2D eigenvalue weighted by molar-refractivity contribution is 7.90. The lowest BCUT2D eigenvalue weighted by Crippen LogP contribution is -2.38. The fraction of sp³-hybridized carbons (Fsp3) is 0.368. The van der Waals surface area contributed by atoms with Crippen molar-refractivity contribution in [2.75, 3.05) is 24.2 Å². The molecule has 0 radical (unpaired) electrons. The molecule has 0 aromatic heterocycles. The first-order valence-electron chi connectivity index (χ1n) is 8.56. The van der Waals surface area contributed by atoms with Gasteiger partial charge in [0, 0.05) is 31.1 Å². The predicted molar refractivity (Wildman–Crippen MR) is 101 cm³/mol. The minimum atomic E-state index is -3.68. The van der Waals surface area contributed by atoms with E-state index in [-0.39, 0.29) is 10.6 Å². The molecule has 1 aliphatic heterocycles. The largest absolute Gasteiger partial charge is 0.371 e. The third kappa shape index (κ3) is 3.72. The molecule has 7 heteroatoms. The van der Waals surface area contributed by atoms with E-state index >= 15 is 0 Å². The zero-order chi connectivity index (χ0) is 18.9. The number of piperidine rings is 1. The van der Waals surface area contributed by atoms with E-state index in [1.54, 1.807) is 6.07 Å². The van der Waals surface area contributed by atoms with Crippen molar-refractivity contribution in [3.63, 3.8) is 0 Å². The van der Waals surface area contributed by atoms with E-state index in [1.165, 1.54) is 17.7 Å². The quantitative estimate of drug-likeness (QED) is 0.603. The lowest BCUT2D eigenvalue weighted by Gasteiger charge is -2.38. The monoisotopic (exact) mass is 374 g/mol. The summed E-state index contributed by atoms with van der Waals surface area (Å²) in [5.41, 5.74) is 1.66. The van der Waals surface area contributed by atoms with E-state index in [0.717, 1.165) is 31.5 Å². The van der Waals surface area contributed by atoms with Crippen LogP contribution in [0.15, 0.2) is 53.4 Å². The van der Waals surface area contributed by atoms with Crippen molar-refractivity contribution in [1.82, 2.24) is 0 Å². The second-order valence-electron chi connectivity index (χ2n) is 6.91. The summed E-state index contributed by atoms with van der Waals surface area (Å²) in [4.78, 5) is 12.4. The van der Waals surface area contributed by atoms with Gasteiger partial charge in [-0.05, 0) is 36.0 Å². The Morgan fingerprint density at radius 3 is 2.42 bits per heavy atom. The summed E-state index contributed by atoms with van der Waals surface area (Å²) in [6, 6.07) is 14.7. The van der Waals surface area contributed by atoms with Crippen LogP contribution in [0, 0.1) is 16.0 Å². The maximum atomic E-state index is 12.0. The molecule has 1 aliphatic rings. The molecule has 0 amide bonds. The molecule has 1 fully saturated rings. The van der Waals surface area contributed by atoms with Gasteiger partial charge in [0.25, 0.3) is 5.69 Å². The van der Waals surface area contributed by atoms with Crippen molar-refractivity contribution in [1.29, 1.82) is 0 Å². The third-order valence-corrected chi connectivity index (χ3v) is 6.16. The first-order valence-corrected chi connectivity index (χ1v) is 10.4. The molecule has 0 spiro atoms. The fourth-order valence-corrected chi connectivity index (χ4v) is 4.58. The van der Waals surface area contributed by atoms with Gasteiger partial charge < -0.3 is 4.90 Å². The Morgan fingerprint density at radius 2 is 1.85 bits per heavy atom. The number of sulfone groups is 1. The minimum absolute atomic E-state index is 0.224. The number of benzene rings is 2. The molecule has 0 saturated carbocycles. The van der Waals surface area contributed by atoms with Crippen molar-refractivity contribution in [2.45, 2.75) is 24.2 Å². The second-order valence-corrected chi connectivity index (χ2v) is 8.89. The highest BCUT2D eigenvalue weighted by atomic mass is 32.2. The van der Waals surface area contributed by atoms with Gasteiger partial charge >= 0.3 is 0 Å². The van der Waals surface area contributed by atoms with Gasteiger partial charge in [0.1, 0.15) is 4.90 Å². The predicted octanol–water partition coefficient (Wildman–Crippen LogP) is 3.63. The number of nitro groups is 1. The Kier molecular flexibility index (Phi) is 5.00. The molecule has 138 valence electrons. The van der Waals surface area contributed by atoms with Crippen molar-refractivity contribution >= 4 is 21.2 Å². The minimum Gasteiger partial charge on any atom is -0.371 e. The average Bonchev–Trinajstić information content (AvgIpc) is 2.61. The Bertz CT molecular complexity index is 912. The number of nitrogens with zero attached hydrogens (tertiary/aromatic N) is 2. The van der Waals surface area contributed by atoms with E-state index in [4.69, 9.17) is 0 Å². The normalized spacial score (nSPS) is 20.8. The van der Waals surface area contributed by atoms with Gasteiger partial charge in [-0.1, -0.05) is 37.3 Å². The Labute approximate surface area is 153 Å². The van der Waals surface area contributed by atoms with E-state index in [1.807, 2.05) is 18.2 Å². The third-order valence-electron chi connectivity index (χ3n) is 5.04. The molecule has 26 heavy (non-hydrogen) atoms. The molecule has 1 saturated heterocycles. The second kappa shape index (κ2) is 7.07. The first kappa shape index (κ1) is 18.4. The van der Waals surface area contributed by atoms with E-state index in [9.17, 15) is 18.5 Å². The standard InChI is InChI=1S/C19H22N2O4S/c1-14-13-20(11-10-17(14)15-6-4-3-5-7-15)16-8-9-18(21(22)23)19(12-16)26(2,24)25/h3-9,12,14,17H,10-11,13H2,1-2H3. The van der Waals surface area contributed by atoms with Gasteiger partial charge in [-0.15, -0.1) is 0 Å². The van der Waals surface area contributed by atoms with Crippen molar-refractivity contribution in [3.05, 3.63) is 64.2 Å². The van der Waals surface area contributed by atoms with Crippen LogP contribution >= 0.6 is 0 Å². The Balaban J connectivity index is 1.86. The van der Waals surface area contributed by atoms with Gasteiger partial charge in [0.15, 0.2) is 9.84 Å². The molecule has 0 N–H and O–H groups in total. The molecule has 0 aliphatic carbocycles. The van der Waals surface area contributed by atoms with Crippen LogP contribution in [-0.4, -0.2) is 32.7 Å². The molecule has 2 unspecified atom stereocenters. The van der Waals surface area contributed by atoms with Crippen molar-refractivity contribution in [2.24, 2.45) is 5.92 Å². The summed E-state index contributed by atoms with van der Waals surface area (Å²) in [6.07, 6.45) is 1.96. The summed E-state index contributed by atoms with van der Waals surface area (Å²) in [6.45, 7) is 3.75. The van der Waals surface area contributed by atoms with Gasteiger partial charge in [-0.25, -0.2) is 8.42 Å². The smallest absolute Gasteiger partial charge is 0.288 e. The summed E-state index contributed by atoms with van der Waals surface area (Å²) in [5, 5.41) is 11.1. The molecule has 2 atom stereocenters. The molecule has 1 heterocycles. The van der Waals surface area contributed by atoms with Crippen LogP contribution in [0.5, 0.6) is 0 Å². The zero-order valence-corrected chi connectivity index (χ0v) is 15.6. The lowest BCUT2D eigenvalue weighted by molar-refractivity contribution is -0.387. The van der Waals surface area contributed by atoms with Crippen LogP contribution in [0.3, 0.4) is 0 Å². The number of rotatable bonds is 4. The van der Waals surface area contributed by atoms with Crippen molar-refractivity contribution < 1.29 is 13.3 Å². The summed E-state index contributed by atoms with van der Waals surface area (Å²) in [7, 11) is -3.68.